The Kier molecular flexibility index (Phi) is 6.90. The maximum Gasteiger partial charge on any atom is 0.00371 e. The maximum absolute atomic E-state index is 5.63. The Bertz CT molecular complexity index is 134. The van der Waals surface area contributed by atoms with Crippen LogP contribution in [-0.2, 0) is 0 Å². The highest BCUT2D eigenvalue weighted by Crippen LogP contribution is 2.00. The van der Waals surface area contributed by atoms with E-state index in [0.717, 1.165) is 18.5 Å². The second kappa shape index (κ2) is 7.39. The Labute approximate surface area is 70.0 Å². The number of hydrogen-bond acceptors (Lipinski definition) is 1. The predicted octanol–water partition coefficient (Wildman–Crippen LogP) is 2.99. The van der Waals surface area contributed by atoms with E-state index in [9.17, 15) is 0 Å². The minimum Gasteiger partial charge on any atom is -0.402 e. The molecule has 0 aliphatic heterocycles. The topological polar surface area (TPSA) is 26.0 Å². The summed E-state index contributed by atoms with van der Waals surface area (Å²) in [6.45, 7) is 4.13. The summed E-state index contributed by atoms with van der Waals surface area (Å²) in [4.78, 5) is 0. The van der Waals surface area contributed by atoms with Crippen LogP contribution >= 0.6 is 0 Å². The summed E-state index contributed by atoms with van der Waals surface area (Å²) in [5.74, 6) is 0. The van der Waals surface area contributed by atoms with Crippen molar-refractivity contribution in [2.75, 3.05) is 0 Å². The van der Waals surface area contributed by atoms with Gasteiger partial charge in [-0.05, 0) is 32.6 Å². The Hall–Kier alpha value is -0.720. The molecule has 0 unspecified atom stereocenters. The summed E-state index contributed by atoms with van der Waals surface area (Å²) in [6, 6.07) is 0. The summed E-state index contributed by atoms with van der Waals surface area (Å²) >= 11 is 0. The van der Waals surface area contributed by atoms with Crippen LogP contribution in [-0.4, -0.2) is 0 Å². The van der Waals surface area contributed by atoms with Gasteiger partial charge in [0.15, 0.2) is 0 Å². The number of rotatable bonds is 5. The Morgan fingerprint density at radius 1 is 1.36 bits per heavy atom. The molecule has 2 N–H and O–H groups in total. The van der Waals surface area contributed by atoms with Crippen molar-refractivity contribution in [3.05, 3.63) is 23.9 Å². The van der Waals surface area contributed by atoms with Crippen LogP contribution < -0.4 is 5.73 Å². The first-order valence-corrected chi connectivity index (χ1v) is 4.37. The Morgan fingerprint density at radius 3 is 2.64 bits per heavy atom. The molecule has 0 atom stereocenters. The van der Waals surface area contributed by atoms with Crippen molar-refractivity contribution in [3.8, 4) is 0 Å². The van der Waals surface area contributed by atoms with E-state index in [0.29, 0.717) is 0 Å². The molecule has 0 aliphatic carbocycles. The van der Waals surface area contributed by atoms with E-state index in [2.05, 4.69) is 32.1 Å². The van der Waals surface area contributed by atoms with E-state index in [1.54, 1.807) is 0 Å². The molecule has 0 aromatic carbocycles. The lowest BCUT2D eigenvalue weighted by Gasteiger charge is -1.94. The third kappa shape index (κ3) is 7.17. The smallest absolute Gasteiger partial charge is 0.00371 e. The quantitative estimate of drug-likeness (QED) is 0.477. The molecule has 0 fully saturated rings. The fourth-order valence-corrected chi connectivity index (χ4v) is 0.834. The van der Waals surface area contributed by atoms with Crippen molar-refractivity contribution in [1.82, 2.24) is 0 Å². The highest BCUT2D eigenvalue weighted by molar-refractivity contribution is 4.95. The van der Waals surface area contributed by atoms with Crippen molar-refractivity contribution in [2.45, 2.75) is 39.5 Å². The largest absolute Gasteiger partial charge is 0.402 e. The molecular formula is C10H19N. The second-order valence-corrected chi connectivity index (χ2v) is 2.63. The molecule has 0 saturated carbocycles. The third-order valence-electron chi connectivity index (χ3n) is 1.63. The van der Waals surface area contributed by atoms with E-state index in [-0.39, 0.29) is 0 Å². The first-order chi connectivity index (χ1) is 5.31. The van der Waals surface area contributed by atoms with Crippen LogP contribution in [0.3, 0.4) is 0 Å². The fraction of sp³-hybridized carbons (Fsp3) is 0.600. The normalized spacial score (nSPS) is 12.7. The zero-order chi connectivity index (χ0) is 8.53. The average molecular weight is 153 g/mol. The summed E-state index contributed by atoms with van der Waals surface area (Å²) < 4.78 is 0. The van der Waals surface area contributed by atoms with E-state index in [1.807, 2.05) is 0 Å². The molecule has 0 rings (SSSR count). The fourth-order valence-electron chi connectivity index (χ4n) is 0.834. The lowest BCUT2D eigenvalue weighted by Crippen LogP contribution is -1.93. The minimum atomic E-state index is 0.976. The third-order valence-corrected chi connectivity index (χ3v) is 1.63. The molecule has 0 aromatic rings. The van der Waals surface area contributed by atoms with Crippen LogP contribution in [0.15, 0.2) is 23.9 Å². The number of unbranched alkanes of at least 4 members (excludes halogenated alkanes) is 2. The van der Waals surface area contributed by atoms with Crippen molar-refractivity contribution < 1.29 is 0 Å². The standard InChI is InChI=1S/C10H19N/c1-3-5-6-7-8-9-10(11)4-2/h3,5,9H,4,6-8,11H2,1-2H3/b5-3-,10-9-. The van der Waals surface area contributed by atoms with Crippen molar-refractivity contribution in [3.63, 3.8) is 0 Å². The van der Waals surface area contributed by atoms with E-state index in [1.165, 1.54) is 12.8 Å². The van der Waals surface area contributed by atoms with Gasteiger partial charge in [-0.3, -0.25) is 0 Å². The number of nitrogens with two attached hydrogens (primary N) is 1. The van der Waals surface area contributed by atoms with Crippen LogP contribution in [0.1, 0.15) is 39.5 Å². The van der Waals surface area contributed by atoms with Crippen LogP contribution in [0, 0.1) is 0 Å². The SMILES string of the molecule is C/C=C\CCC/C=C(\N)CC. The highest BCUT2D eigenvalue weighted by Gasteiger charge is 1.84. The molecule has 0 saturated heterocycles. The molecule has 0 aromatic heterocycles. The van der Waals surface area contributed by atoms with Crippen LogP contribution in [0.25, 0.3) is 0 Å². The molecule has 0 aliphatic rings. The van der Waals surface area contributed by atoms with Gasteiger partial charge in [0.05, 0.1) is 0 Å². The van der Waals surface area contributed by atoms with Gasteiger partial charge in [-0.2, -0.15) is 0 Å². The van der Waals surface area contributed by atoms with Gasteiger partial charge >= 0.3 is 0 Å². The minimum absolute atomic E-state index is 0.976. The zero-order valence-corrected chi connectivity index (χ0v) is 7.64. The van der Waals surface area contributed by atoms with Gasteiger partial charge in [0.2, 0.25) is 0 Å². The second-order valence-electron chi connectivity index (χ2n) is 2.63. The molecule has 64 valence electrons. The molecule has 11 heavy (non-hydrogen) atoms. The summed E-state index contributed by atoms with van der Waals surface area (Å²) in [5, 5.41) is 0. The van der Waals surface area contributed by atoms with Gasteiger partial charge in [-0.1, -0.05) is 25.2 Å². The van der Waals surface area contributed by atoms with Crippen LogP contribution in [0.5, 0.6) is 0 Å². The van der Waals surface area contributed by atoms with E-state index in [4.69, 9.17) is 5.73 Å². The van der Waals surface area contributed by atoms with Crippen molar-refractivity contribution >= 4 is 0 Å². The van der Waals surface area contributed by atoms with Gasteiger partial charge in [0.1, 0.15) is 0 Å². The van der Waals surface area contributed by atoms with Gasteiger partial charge < -0.3 is 5.73 Å². The van der Waals surface area contributed by atoms with Crippen LogP contribution in [0.4, 0.5) is 0 Å². The van der Waals surface area contributed by atoms with Crippen molar-refractivity contribution in [1.29, 1.82) is 0 Å². The lowest BCUT2D eigenvalue weighted by atomic mass is 10.2. The van der Waals surface area contributed by atoms with Gasteiger partial charge in [0, 0.05) is 5.70 Å². The first-order valence-electron chi connectivity index (χ1n) is 4.37. The summed E-state index contributed by atoms with van der Waals surface area (Å²) in [6.07, 6.45) is 10.9. The van der Waals surface area contributed by atoms with Gasteiger partial charge in [-0.15, -0.1) is 0 Å². The Balaban J connectivity index is 3.26. The maximum atomic E-state index is 5.63. The zero-order valence-electron chi connectivity index (χ0n) is 7.64. The molecule has 0 heterocycles. The highest BCUT2D eigenvalue weighted by atomic mass is 14.6. The lowest BCUT2D eigenvalue weighted by molar-refractivity contribution is 0.853. The first kappa shape index (κ1) is 10.3. The number of allylic oxidation sites excluding steroid dienone is 4. The Morgan fingerprint density at radius 2 is 2.09 bits per heavy atom. The number of hydrogen-bond donors (Lipinski definition) is 1. The van der Waals surface area contributed by atoms with Gasteiger partial charge in [0.25, 0.3) is 0 Å². The summed E-state index contributed by atoms with van der Waals surface area (Å²) in [5.41, 5.74) is 6.65. The summed E-state index contributed by atoms with van der Waals surface area (Å²) in [7, 11) is 0. The molecular weight excluding hydrogens is 134 g/mol. The van der Waals surface area contributed by atoms with Crippen molar-refractivity contribution in [2.24, 2.45) is 5.73 Å². The monoisotopic (exact) mass is 153 g/mol. The average Bonchev–Trinajstić information content (AvgIpc) is 2.04. The van der Waals surface area contributed by atoms with Gasteiger partial charge in [-0.25, -0.2) is 0 Å². The van der Waals surface area contributed by atoms with E-state index < -0.39 is 0 Å². The molecule has 0 spiro atoms. The molecule has 1 heteroatoms. The predicted molar refractivity (Wildman–Crippen MR) is 51.2 cm³/mol. The van der Waals surface area contributed by atoms with Crippen LogP contribution in [0.2, 0.25) is 0 Å². The van der Waals surface area contributed by atoms with E-state index >= 15 is 0 Å². The molecule has 0 amide bonds. The molecule has 1 nitrogen and oxygen atoms in total. The molecule has 0 bridgehead atoms. The molecule has 0 radical (unpaired) electrons.